The SMILES string of the molecule is COCCCn1c(C)cnc1C1CCN(C(=O)Nc2ccccc2F)C1. The van der Waals surface area contributed by atoms with E-state index in [-0.39, 0.29) is 17.6 Å². The highest BCUT2D eigenvalue weighted by Crippen LogP contribution is 2.28. The van der Waals surface area contributed by atoms with E-state index in [0.717, 1.165) is 30.9 Å². The molecule has 1 fully saturated rings. The third-order valence-electron chi connectivity index (χ3n) is 4.77. The monoisotopic (exact) mass is 360 g/mol. The van der Waals surface area contributed by atoms with E-state index in [1.165, 1.54) is 6.07 Å². The van der Waals surface area contributed by atoms with E-state index < -0.39 is 5.82 Å². The van der Waals surface area contributed by atoms with Gasteiger partial charge in [0.15, 0.2) is 0 Å². The lowest BCUT2D eigenvalue weighted by Crippen LogP contribution is -2.33. The summed E-state index contributed by atoms with van der Waals surface area (Å²) in [4.78, 5) is 18.7. The number of anilines is 1. The second-order valence-corrected chi connectivity index (χ2v) is 6.60. The Balaban J connectivity index is 1.63. The molecule has 26 heavy (non-hydrogen) atoms. The number of aryl methyl sites for hydroxylation is 1. The zero-order chi connectivity index (χ0) is 18.5. The lowest BCUT2D eigenvalue weighted by atomic mass is 10.1. The molecule has 6 nitrogen and oxygen atoms in total. The zero-order valence-electron chi connectivity index (χ0n) is 15.2. The van der Waals surface area contributed by atoms with Gasteiger partial charge >= 0.3 is 6.03 Å². The fourth-order valence-corrected chi connectivity index (χ4v) is 3.38. The van der Waals surface area contributed by atoms with E-state index in [4.69, 9.17) is 4.74 Å². The number of hydrogen-bond donors (Lipinski definition) is 1. The van der Waals surface area contributed by atoms with Gasteiger partial charge in [0.05, 0.1) is 5.69 Å². The molecule has 1 aliphatic rings. The number of amides is 2. The molecule has 0 radical (unpaired) electrons. The molecule has 1 saturated heterocycles. The Morgan fingerprint density at radius 1 is 1.42 bits per heavy atom. The van der Waals surface area contributed by atoms with Crippen LogP contribution in [0.1, 0.15) is 30.3 Å². The highest BCUT2D eigenvalue weighted by Gasteiger charge is 2.30. The highest BCUT2D eigenvalue weighted by molar-refractivity contribution is 5.89. The van der Waals surface area contributed by atoms with E-state index in [1.807, 2.05) is 13.1 Å². The van der Waals surface area contributed by atoms with E-state index in [2.05, 4.69) is 14.9 Å². The molecule has 2 aromatic rings. The lowest BCUT2D eigenvalue weighted by Gasteiger charge is -2.18. The molecule has 1 aromatic carbocycles. The zero-order valence-corrected chi connectivity index (χ0v) is 15.2. The Morgan fingerprint density at radius 3 is 3.00 bits per heavy atom. The van der Waals surface area contributed by atoms with Crippen molar-refractivity contribution < 1.29 is 13.9 Å². The number of likely N-dealkylation sites (tertiary alicyclic amines) is 1. The number of nitrogens with one attached hydrogen (secondary N) is 1. The average molecular weight is 360 g/mol. The Bertz CT molecular complexity index is 762. The molecule has 1 aromatic heterocycles. The van der Waals surface area contributed by atoms with Gasteiger partial charge in [-0.05, 0) is 31.9 Å². The number of carbonyl (C=O) groups is 1. The molecule has 140 valence electrons. The van der Waals surface area contributed by atoms with Crippen LogP contribution in [0.25, 0.3) is 0 Å². The standard InChI is InChI=1S/C19H25FN4O2/c1-14-12-21-18(24(14)9-5-11-26-2)15-8-10-23(13-15)19(25)22-17-7-4-3-6-16(17)20/h3-4,6-7,12,15H,5,8-11,13H2,1-2H3,(H,22,25). The second kappa shape index (κ2) is 8.31. The van der Waals surface area contributed by atoms with Gasteiger partial charge in [-0.3, -0.25) is 0 Å². The number of hydrogen-bond acceptors (Lipinski definition) is 3. The van der Waals surface area contributed by atoms with Crippen LogP contribution < -0.4 is 5.32 Å². The third kappa shape index (κ3) is 4.04. The number of benzene rings is 1. The largest absolute Gasteiger partial charge is 0.385 e. The van der Waals surface area contributed by atoms with E-state index in [0.29, 0.717) is 19.7 Å². The van der Waals surface area contributed by atoms with Gasteiger partial charge < -0.3 is 19.5 Å². The highest BCUT2D eigenvalue weighted by atomic mass is 19.1. The van der Waals surface area contributed by atoms with Gasteiger partial charge in [0.1, 0.15) is 11.6 Å². The molecule has 1 aliphatic heterocycles. The van der Waals surface area contributed by atoms with Crippen LogP contribution in [0.2, 0.25) is 0 Å². The molecular formula is C19H25FN4O2. The maximum absolute atomic E-state index is 13.7. The predicted molar refractivity (Wildman–Crippen MR) is 97.8 cm³/mol. The van der Waals surface area contributed by atoms with Gasteiger partial charge in [-0.2, -0.15) is 0 Å². The summed E-state index contributed by atoms with van der Waals surface area (Å²) in [6.07, 6.45) is 3.65. The second-order valence-electron chi connectivity index (χ2n) is 6.60. The van der Waals surface area contributed by atoms with E-state index >= 15 is 0 Å². The van der Waals surface area contributed by atoms with Crippen LogP contribution in [0.15, 0.2) is 30.5 Å². The van der Waals surface area contributed by atoms with E-state index in [1.54, 1.807) is 30.2 Å². The topological polar surface area (TPSA) is 59.4 Å². The summed E-state index contributed by atoms with van der Waals surface area (Å²) in [6, 6.07) is 5.93. The minimum atomic E-state index is -0.430. The number of para-hydroxylation sites is 1. The van der Waals surface area contributed by atoms with Crippen molar-refractivity contribution in [1.29, 1.82) is 0 Å². The number of rotatable bonds is 6. The summed E-state index contributed by atoms with van der Waals surface area (Å²) >= 11 is 0. The summed E-state index contributed by atoms with van der Waals surface area (Å²) in [5.74, 6) is 0.776. The van der Waals surface area contributed by atoms with Crippen molar-refractivity contribution >= 4 is 11.7 Å². The van der Waals surface area contributed by atoms with Crippen LogP contribution >= 0.6 is 0 Å². The van der Waals surface area contributed by atoms with Gasteiger partial charge in [-0.1, -0.05) is 12.1 Å². The van der Waals surface area contributed by atoms with Crippen LogP contribution in [0.5, 0.6) is 0 Å². The van der Waals surface area contributed by atoms with Gasteiger partial charge in [-0.15, -0.1) is 0 Å². The Kier molecular flexibility index (Phi) is 5.88. The van der Waals surface area contributed by atoms with Gasteiger partial charge in [0.25, 0.3) is 0 Å². The molecule has 7 heteroatoms. The number of halogens is 1. The minimum Gasteiger partial charge on any atom is -0.385 e. The van der Waals surface area contributed by atoms with Crippen molar-refractivity contribution in [2.45, 2.75) is 32.2 Å². The molecule has 2 amide bonds. The third-order valence-corrected chi connectivity index (χ3v) is 4.77. The molecule has 0 aliphatic carbocycles. The first kappa shape index (κ1) is 18.4. The quantitative estimate of drug-likeness (QED) is 0.804. The van der Waals surface area contributed by atoms with Gasteiger partial charge in [0.2, 0.25) is 0 Å². The first-order valence-corrected chi connectivity index (χ1v) is 8.91. The molecule has 1 atom stereocenters. The number of imidazole rings is 1. The number of methoxy groups -OCH3 is 1. The van der Waals surface area contributed by atoms with Crippen molar-refractivity contribution in [1.82, 2.24) is 14.5 Å². The number of nitrogens with zero attached hydrogens (tertiary/aromatic N) is 3. The summed E-state index contributed by atoms with van der Waals surface area (Å²) in [6.45, 7) is 4.82. The number of urea groups is 1. The first-order chi connectivity index (χ1) is 12.6. The van der Waals surface area contributed by atoms with Crippen molar-refractivity contribution in [3.05, 3.63) is 47.8 Å². The van der Waals surface area contributed by atoms with Crippen LogP contribution in [0.3, 0.4) is 0 Å². The van der Waals surface area contributed by atoms with Gasteiger partial charge in [-0.25, -0.2) is 14.2 Å². The molecule has 1 N–H and O–H groups in total. The Morgan fingerprint density at radius 2 is 2.23 bits per heavy atom. The van der Waals surface area contributed by atoms with Gasteiger partial charge in [0, 0.05) is 51.2 Å². The Hall–Kier alpha value is -2.41. The molecule has 2 heterocycles. The fraction of sp³-hybridized carbons (Fsp3) is 0.474. The van der Waals surface area contributed by atoms with Crippen LogP contribution in [-0.4, -0.2) is 47.3 Å². The summed E-state index contributed by atoms with van der Waals surface area (Å²) in [5, 5.41) is 2.65. The summed E-state index contributed by atoms with van der Waals surface area (Å²) in [5.41, 5.74) is 1.32. The molecule has 1 unspecified atom stereocenters. The van der Waals surface area contributed by atoms with Crippen LogP contribution in [0, 0.1) is 12.7 Å². The summed E-state index contributed by atoms with van der Waals surface area (Å²) < 4.78 is 21.1. The van der Waals surface area contributed by atoms with Crippen molar-refractivity contribution in [2.24, 2.45) is 0 Å². The first-order valence-electron chi connectivity index (χ1n) is 8.91. The maximum atomic E-state index is 13.7. The normalized spacial score (nSPS) is 16.9. The molecule has 0 saturated carbocycles. The number of ether oxygens (including phenoxy) is 1. The lowest BCUT2D eigenvalue weighted by molar-refractivity contribution is 0.189. The Labute approximate surface area is 153 Å². The molecular weight excluding hydrogens is 335 g/mol. The minimum absolute atomic E-state index is 0.192. The number of aromatic nitrogens is 2. The van der Waals surface area contributed by atoms with Crippen molar-refractivity contribution in [3.63, 3.8) is 0 Å². The number of carbonyl (C=O) groups excluding carboxylic acids is 1. The smallest absolute Gasteiger partial charge is 0.321 e. The van der Waals surface area contributed by atoms with Crippen LogP contribution in [-0.2, 0) is 11.3 Å². The van der Waals surface area contributed by atoms with Crippen molar-refractivity contribution in [2.75, 3.05) is 32.1 Å². The van der Waals surface area contributed by atoms with Crippen molar-refractivity contribution in [3.8, 4) is 0 Å². The maximum Gasteiger partial charge on any atom is 0.321 e. The van der Waals surface area contributed by atoms with E-state index in [9.17, 15) is 9.18 Å². The van der Waals surface area contributed by atoms with Crippen LogP contribution in [0.4, 0.5) is 14.9 Å². The summed E-state index contributed by atoms with van der Waals surface area (Å²) in [7, 11) is 1.70. The predicted octanol–water partition coefficient (Wildman–Crippen LogP) is 3.39. The fourth-order valence-electron chi connectivity index (χ4n) is 3.38. The molecule has 0 spiro atoms. The molecule has 3 rings (SSSR count). The molecule has 0 bridgehead atoms. The average Bonchev–Trinajstić information content (AvgIpc) is 3.25.